The molecule has 6 heteroatoms. The van der Waals surface area contributed by atoms with Gasteiger partial charge in [0.2, 0.25) is 0 Å². The first-order valence-corrected chi connectivity index (χ1v) is 7.35. The maximum absolute atomic E-state index is 10.9. The molecule has 0 aliphatic rings. The number of carbonyl (C=O) groups excluding carboxylic acids is 2. The molecule has 0 spiro atoms. The third-order valence-electron chi connectivity index (χ3n) is 2.11. The number of ether oxygens (including phenoxy) is 2. The fraction of sp³-hybridized carbons (Fsp3) is 0.778. The Morgan fingerprint density at radius 3 is 1.67 bits per heavy atom. The van der Waals surface area contributed by atoms with E-state index in [-0.39, 0.29) is 11.9 Å². The number of esters is 2. The molecule has 0 aromatic rings. The molecular weight excluding hydrogens is 214 g/mol. The number of carbonyl (C=O) groups is 2. The van der Waals surface area contributed by atoms with E-state index in [2.05, 4.69) is 9.47 Å². The van der Waals surface area contributed by atoms with Crippen LogP contribution in [0.15, 0.2) is 0 Å². The van der Waals surface area contributed by atoms with Crippen LogP contribution in [0.5, 0.6) is 0 Å². The van der Waals surface area contributed by atoms with E-state index >= 15 is 0 Å². The van der Waals surface area contributed by atoms with E-state index in [1.807, 2.05) is 6.66 Å². The minimum atomic E-state index is -1.68. The summed E-state index contributed by atoms with van der Waals surface area (Å²) in [5.41, 5.74) is 0. The molecule has 0 aromatic carbocycles. The standard InChI is InChI=1S/C9H17BO4P/c1-13-8(11)4-6-15(3,10)7-5-9(12)14-2/h4-7H2,1-3H3. The number of rotatable bonds is 6. The maximum atomic E-state index is 10.9. The van der Waals surface area contributed by atoms with Gasteiger partial charge < -0.3 is 17.0 Å². The lowest BCUT2D eigenvalue weighted by molar-refractivity contribution is -0.140. The molecule has 0 saturated carbocycles. The highest BCUT2D eigenvalue weighted by atomic mass is 31.2. The van der Waals surface area contributed by atoms with Crippen LogP contribution in [0, 0.1) is 0 Å². The van der Waals surface area contributed by atoms with E-state index in [1.54, 1.807) is 0 Å². The summed E-state index contributed by atoms with van der Waals surface area (Å²) in [6, 6.07) is 0. The average molecular weight is 231 g/mol. The third-order valence-corrected chi connectivity index (χ3v) is 4.60. The molecule has 85 valence electrons. The van der Waals surface area contributed by atoms with Gasteiger partial charge in [-0.2, -0.15) is 0 Å². The third kappa shape index (κ3) is 7.37. The van der Waals surface area contributed by atoms with Crippen LogP contribution < -0.4 is 0 Å². The molecule has 0 aromatic heterocycles. The molecule has 4 nitrogen and oxygen atoms in total. The highest BCUT2D eigenvalue weighted by Crippen LogP contribution is 2.50. The molecule has 15 heavy (non-hydrogen) atoms. The van der Waals surface area contributed by atoms with Crippen molar-refractivity contribution in [2.45, 2.75) is 12.8 Å². The van der Waals surface area contributed by atoms with Gasteiger partial charge in [0, 0.05) is 19.0 Å². The zero-order chi connectivity index (χ0) is 11.9. The van der Waals surface area contributed by atoms with Crippen molar-refractivity contribution in [3.63, 3.8) is 0 Å². The van der Waals surface area contributed by atoms with Gasteiger partial charge in [-0.25, -0.2) is 7.14 Å². The SMILES string of the molecule is [B-][P+](C)(CCC(=O)OC)CCC(=O)OC. The topological polar surface area (TPSA) is 52.6 Å². The first-order chi connectivity index (χ1) is 6.91. The molecule has 0 N–H and O–H groups in total. The first-order valence-electron chi connectivity index (χ1n) is 4.68. The van der Waals surface area contributed by atoms with Gasteiger partial charge in [-0.3, -0.25) is 9.59 Å². The Labute approximate surface area is 92.4 Å². The lowest BCUT2D eigenvalue weighted by atomic mass is 10.5. The molecule has 0 atom stereocenters. The van der Waals surface area contributed by atoms with Crippen molar-refractivity contribution in [3.05, 3.63) is 0 Å². The van der Waals surface area contributed by atoms with Crippen LogP contribution in [0.4, 0.5) is 0 Å². The van der Waals surface area contributed by atoms with Crippen molar-refractivity contribution >= 4 is 26.6 Å². The Bertz CT molecular complexity index is 208. The molecule has 0 bridgehead atoms. The van der Waals surface area contributed by atoms with E-state index in [1.165, 1.54) is 14.2 Å². The number of hydrogen-bond acceptors (Lipinski definition) is 4. The van der Waals surface area contributed by atoms with E-state index in [0.717, 1.165) is 0 Å². The molecule has 3 radical (unpaired) electrons. The summed E-state index contributed by atoms with van der Waals surface area (Å²) < 4.78 is 9.05. The zero-order valence-electron chi connectivity index (χ0n) is 9.49. The lowest BCUT2D eigenvalue weighted by Crippen LogP contribution is -2.11. The van der Waals surface area contributed by atoms with Gasteiger partial charge in [0.1, 0.15) is 0 Å². The summed E-state index contributed by atoms with van der Waals surface area (Å²) in [5.74, 6) is -0.519. The summed E-state index contributed by atoms with van der Waals surface area (Å²) in [7, 11) is 7.04. The van der Waals surface area contributed by atoms with Crippen molar-refractivity contribution < 1.29 is 19.1 Å². The quantitative estimate of drug-likeness (QED) is 0.386. The van der Waals surface area contributed by atoms with Crippen LogP contribution in [0.25, 0.3) is 0 Å². The number of hydrogen-bond donors (Lipinski definition) is 0. The van der Waals surface area contributed by atoms with Crippen molar-refractivity contribution in [1.82, 2.24) is 0 Å². The second kappa shape index (κ2) is 6.83. The second-order valence-corrected chi connectivity index (χ2v) is 7.43. The van der Waals surface area contributed by atoms with Crippen LogP contribution in [0.3, 0.4) is 0 Å². The predicted octanol–water partition coefficient (Wildman–Crippen LogP) is 0.843. The molecule has 0 saturated heterocycles. The Morgan fingerprint density at radius 2 is 1.40 bits per heavy atom. The summed E-state index contributed by atoms with van der Waals surface area (Å²) >= 11 is 0. The van der Waals surface area contributed by atoms with Gasteiger partial charge in [-0.15, -0.1) is 0 Å². The fourth-order valence-corrected chi connectivity index (χ4v) is 2.62. The molecule has 0 aliphatic heterocycles. The Hall–Kier alpha value is -0.565. The molecule has 0 aliphatic carbocycles. The maximum Gasteiger partial charge on any atom is 0.309 e. The van der Waals surface area contributed by atoms with Crippen LogP contribution in [-0.2, 0) is 19.1 Å². The normalized spacial score (nSPS) is 10.9. The lowest BCUT2D eigenvalue weighted by Gasteiger charge is -2.31. The van der Waals surface area contributed by atoms with Crippen LogP contribution in [0.2, 0.25) is 0 Å². The summed E-state index contributed by atoms with van der Waals surface area (Å²) in [5, 5.41) is 0. The first kappa shape index (κ1) is 14.4. The molecular formula is C9H17BO4P. The van der Waals surface area contributed by atoms with Crippen LogP contribution >= 0.6 is 7.14 Å². The van der Waals surface area contributed by atoms with Gasteiger partial charge in [0.15, 0.2) is 0 Å². The minimum absolute atomic E-state index is 0.259. The van der Waals surface area contributed by atoms with E-state index in [4.69, 9.17) is 7.57 Å². The van der Waals surface area contributed by atoms with Crippen molar-refractivity contribution in [2.75, 3.05) is 33.2 Å². The fourth-order valence-electron chi connectivity index (χ4n) is 1.01. The van der Waals surface area contributed by atoms with Crippen molar-refractivity contribution in [1.29, 1.82) is 0 Å². The monoisotopic (exact) mass is 231 g/mol. The van der Waals surface area contributed by atoms with Gasteiger partial charge in [-0.1, -0.05) is 0 Å². The van der Waals surface area contributed by atoms with Gasteiger partial charge in [0.05, 0.1) is 27.1 Å². The molecule has 0 amide bonds. The smallest absolute Gasteiger partial charge is 0.309 e. The van der Waals surface area contributed by atoms with E-state index < -0.39 is 7.14 Å². The van der Waals surface area contributed by atoms with Gasteiger partial charge >= 0.3 is 11.9 Å². The van der Waals surface area contributed by atoms with Crippen LogP contribution in [0.1, 0.15) is 12.8 Å². The van der Waals surface area contributed by atoms with Gasteiger partial charge in [-0.05, 0) is 0 Å². The zero-order valence-corrected chi connectivity index (χ0v) is 10.4. The molecule has 0 unspecified atom stereocenters. The highest BCUT2D eigenvalue weighted by molar-refractivity contribution is 7.96. The van der Waals surface area contributed by atoms with Gasteiger partial charge in [0.25, 0.3) is 0 Å². The van der Waals surface area contributed by atoms with Crippen LogP contribution in [-0.4, -0.2) is 52.7 Å². The predicted molar refractivity (Wildman–Crippen MR) is 61.6 cm³/mol. The van der Waals surface area contributed by atoms with E-state index in [0.29, 0.717) is 25.2 Å². The summed E-state index contributed by atoms with van der Waals surface area (Å²) in [4.78, 5) is 21.8. The molecule has 0 fully saturated rings. The molecule has 0 heterocycles. The summed E-state index contributed by atoms with van der Waals surface area (Å²) in [6.07, 6.45) is 1.85. The Morgan fingerprint density at radius 1 is 1.07 bits per heavy atom. The highest BCUT2D eigenvalue weighted by Gasteiger charge is 2.16. The van der Waals surface area contributed by atoms with E-state index in [9.17, 15) is 9.59 Å². The summed E-state index contributed by atoms with van der Waals surface area (Å²) in [6.45, 7) is 1.92. The molecule has 0 rings (SSSR count). The Balaban J connectivity index is 3.86. The minimum Gasteiger partial charge on any atom is -0.469 e. The Kier molecular flexibility index (Phi) is 6.58. The van der Waals surface area contributed by atoms with Crippen molar-refractivity contribution in [2.24, 2.45) is 0 Å². The average Bonchev–Trinajstić information content (AvgIpc) is 2.22. The largest absolute Gasteiger partial charge is 0.469 e. The second-order valence-electron chi connectivity index (χ2n) is 3.58. The van der Waals surface area contributed by atoms with Crippen molar-refractivity contribution in [3.8, 4) is 0 Å². The number of methoxy groups -OCH3 is 2.